The summed E-state index contributed by atoms with van der Waals surface area (Å²) in [5, 5.41) is 3.51. The van der Waals surface area contributed by atoms with Gasteiger partial charge in [-0.05, 0) is 49.9 Å². The van der Waals surface area contributed by atoms with Gasteiger partial charge in [-0.15, -0.1) is 24.8 Å². The summed E-state index contributed by atoms with van der Waals surface area (Å²) in [6.45, 7) is 5.57. The zero-order chi connectivity index (χ0) is 18.9. The number of rotatable bonds is 4. The number of hydrogen-bond acceptors (Lipinski definition) is 5. The molecule has 0 unspecified atom stereocenters. The highest BCUT2D eigenvalue weighted by Gasteiger charge is 2.31. The molecule has 2 aromatic heterocycles. The summed E-state index contributed by atoms with van der Waals surface area (Å²) >= 11 is 0. The molecule has 5 rings (SSSR count). The van der Waals surface area contributed by atoms with Gasteiger partial charge in [-0.1, -0.05) is 6.07 Å². The summed E-state index contributed by atoms with van der Waals surface area (Å²) in [6.07, 6.45) is 6.95. The van der Waals surface area contributed by atoms with Crippen LogP contribution in [0.15, 0.2) is 41.5 Å². The second kappa shape index (κ2) is 10.1. The third kappa shape index (κ3) is 4.83. The van der Waals surface area contributed by atoms with Gasteiger partial charge in [-0.2, -0.15) is 0 Å². The van der Waals surface area contributed by atoms with Crippen molar-refractivity contribution < 1.29 is 4.74 Å². The number of pyridine rings is 2. The Bertz CT molecular complexity index is 884. The monoisotopic (exact) mass is 452 g/mol. The largest absolute Gasteiger partial charge is 0.489 e. The van der Waals surface area contributed by atoms with Crippen molar-refractivity contribution in [2.45, 2.75) is 44.4 Å². The van der Waals surface area contributed by atoms with E-state index in [2.05, 4.69) is 31.9 Å². The zero-order valence-electron chi connectivity index (χ0n) is 17.0. The molecule has 2 aromatic rings. The van der Waals surface area contributed by atoms with Crippen molar-refractivity contribution in [2.75, 3.05) is 26.2 Å². The quantitative estimate of drug-likeness (QED) is 0.772. The van der Waals surface area contributed by atoms with Crippen LogP contribution >= 0.6 is 24.8 Å². The van der Waals surface area contributed by atoms with Crippen molar-refractivity contribution in [2.24, 2.45) is 5.92 Å². The van der Waals surface area contributed by atoms with Gasteiger partial charge in [0.05, 0.1) is 6.20 Å². The smallest absolute Gasteiger partial charge is 0.255 e. The second-order valence-electron chi connectivity index (χ2n) is 8.44. The standard InChI is InChI=1S/C22H28N4O2.2ClH/c27-22-17(3-4-21-18-10-16(11-24-12-18)14-26(21)22)15-25-8-5-19(6-9-25)28-20-2-1-7-23-13-20;;/h1-4,7,13,16,18-19,24H,5-6,8-12,14-15H2;2*1H/t16-,18+;;/m0../s1. The fourth-order valence-electron chi connectivity index (χ4n) is 4.99. The van der Waals surface area contributed by atoms with E-state index in [0.717, 1.165) is 63.4 Å². The van der Waals surface area contributed by atoms with Crippen molar-refractivity contribution >= 4 is 24.8 Å². The van der Waals surface area contributed by atoms with E-state index >= 15 is 0 Å². The van der Waals surface area contributed by atoms with Gasteiger partial charge >= 0.3 is 0 Å². The minimum Gasteiger partial charge on any atom is -0.489 e. The molecule has 2 atom stereocenters. The lowest BCUT2D eigenvalue weighted by molar-refractivity contribution is 0.0961. The van der Waals surface area contributed by atoms with Gasteiger partial charge in [0.2, 0.25) is 0 Å². The Labute approximate surface area is 189 Å². The third-order valence-corrected chi connectivity index (χ3v) is 6.45. The maximum Gasteiger partial charge on any atom is 0.255 e. The first-order valence-electron chi connectivity index (χ1n) is 10.5. The average Bonchev–Trinajstić information content (AvgIpc) is 2.73. The Balaban J connectivity index is 0.00000128. The number of nitrogens with zero attached hydrogens (tertiary/aromatic N) is 3. The van der Waals surface area contributed by atoms with E-state index in [-0.39, 0.29) is 36.5 Å². The molecule has 5 heterocycles. The molecule has 0 aromatic carbocycles. The predicted octanol–water partition coefficient (Wildman–Crippen LogP) is 2.84. The molecule has 0 aliphatic carbocycles. The van der Waals surface area contributed by atoms with Gasteiger partial charge in [0.25, 0.3) is 5.56 Å². The van der Waals surface area contributed by atoms with E-state index in [0.29, 0.717) is 11.8 Å². The molecular weight excluding hydrogens is 423 g/mol. The van der Waals surface area contributed by atoms with Crippen molar-refractivity contribution in [3.8, 4) is 5.75 Å². The molecule has 30 heavy (non-hydrogen) atoms. The summed E-state index contributed by atoms with van der Waals surface area (Å²) in [4.78, 5) is 19.6. The molecule has 164 valence electrons. The number of nitrogens with one attached hydrogen (secondary N) is 1. The summed E-state index contributed by atoms with van der Waals surface area (Å²) < 4.78 is 8.10. The van der Waals surface area contributed by atoms with E-state index in [1.54, 1.807) is 12.4 Å². The highest BCUT2D eigenvalue weighted by atomic mass is 35.5. The van der Waals surface area contributed by atoms with Crippen molar-refractivity contribution in [1.82, 2.24) is 19.8 Å². The van der Waals surface area contributed by atoms with E-state index in [1.807, 2.05) is 12.1 Å². The first-order chi connectivity index (χ1) is 13.8. The minimum atomic E-state index is 0. The van der Waals surface area contributed by atoms with Gasteiger partial charge in [0, 0.05) is 56.1 Å². The Morgan fingerprint density at radius 2 is 1.97 bits per heavy atom. The van der Waals surface area contributed by atoms with Crippen molar-refractivity contribution in [3.63, 3.8) is 0 Å². The summed E-state index contributed by atoms with van der Waals surface area (Å²) in [6, 6.07) is 8.13. The fourth-order valence-corrected chi connectivity index (χ4v) is 4.99. The maximum atomic E-state index is 13.1. The molecule has 2 bridgehead atoms. The third-order valence-electron chi connectivity index (χ3n) is 6.45. The SMILES string of the molecule is Cl.Cl.O=c1c(CN2CCC(Oc3cccnc3)CC2)ccc2n1C[C@@H]1CNC[C@H]2C1. The zero-order valence-corrected chi connectivity index (χ0v) is 18.7. The van der Waals surface area contributed by atoms with E-state index < -0.39 is 0 Å². The molecule has 6 nitrogen and oxygen atoms in total. The van der Waals surface area contributed by atoms with Gasteiger partial charge < -0.3 is 14.6 Å². The number of piperidine rings is 2. The Morgan fingerprint density at radius 1 is 1.13 bits per heavy atom. The van der Waals surface area contributed by atoms with Crippen LogP contribution in [0.25, 0.3) is 0 Å². The van der Waals surface area contributed by atoms with Gasteiger partial charge in [-0.3, -0.25) is 14.7 Å². The molecule has 0 spiro atoms. The number of hydrogen-bond donors (Lipinski definition) is 1. The molecular formula is C22H30Cl2N4O2. The topological polar surface area (TPSA) is 59.4 Å². The molecule has 3 aliphatic heterocycles. The average molecular weight is 453 g/mol. The number of fused-ring (bicyclic) bond motifs is 4. The summed E-state index contributed by atoms with van der Waals surface area (Å²) in [5.41, 5.74) is 2.38. The Hall–Kier alpha value is -1.60. The number of ether oxygens (including phenoxy) is 1. The molecule has 2 fully saturated rings. The number of halogens is 2. The molecule has 0 saturated carbocycles. The van der Waals surface area contributed by atoms with Crippen LogP contribution in [0.4, 0.5) is 0 Å². The number of aromatic nitrogens is 2. The number of likely N-dealkylation sites (tertiary alicyclic amines) is 1. The minimum absolute atomic E-state index is 0. The van der Waals surface area contributed by atoms with E-state index in [9.17, 15) is 4.79 Å². The van der Waals surface area contributed by atoms with Crippen LogP contribution < -0.4 is 15.6 Å². The lowest BCUT2D eigenvalue weighted by atomic mass is 9.84. The van der Waals surface area contributed by atoms with Gasteiger partial charge in [0.15, 0.2) is 0 Å². The molecule has 0 radical (unpaired) electrons. The van der Waals surface area contributed by atoms with Gasteiger partial charge in [0.1, 0.15) is 11.9 Å². The van der Waals surface area contributed by atoms with Crippen LogP contribution in [-0.4, -0.2) is 46.7 Å². The molecule has 8 heteroatoms. The molecule has 1 N–H and O–H groups in total. The lowest BCUT2D eigenvalue weighted by Crippen LogP contribution is -2.46. The molecule has 2 saturated heterocycles. The fraction of sp³-hybridized carbons (Fsp3) is 0.545. The predicted molar refractivity (Wildman–Crippen MR) is 122 cm³/mol. The lowest BCUT2D eigenvalue weighted by Gasteiger charge is -2.38. The second-order valence-corrected chi connectivity index (χ2v) is 8.44. The normalized spacial score (nSPS) is 23.6. The molecule has 3 aliphatic rings. The van der Waals surface area contributed by atoms with Crippen LogP contribution in [0.1, 0.15) is 36.4 Å². The van der Waals surface area contributed by atoms with Crippen LogP contribution in [0.3, 0.4) is 0 Å². The molecule has 0 amide bonds. The first kappa shape index (κ1) is 23.1. The Morgan fingerprint density at radius 3 is 2.73 bits per heavy atom. The highest BCUT2D eigenvalue weighted by molar-refractivity contribution is 5.85. The van der Waals surface area contributed by atoms with Gasteiger partial charge in [-0.25, -0.2) is 0 Å². The van der Waals surface area contributed by atoms with Crippen LogP contribution in [0.5, 0.6) is 5.75 Å². The highest BCUT2D eigenvalue weighted by Crippen LogP contribution is 2.31. The van der Waals surface area contributed by atoms with Crippen molar-refractivity contribution in [1.29, 1.82) is 0 Å². The van der Waals surface area contributed by atoms with E-state index in [4.69, 9.17) is 4.74 Å². The summed E-state index contributed by atoms with van der Waals surface area (Å²) in [5.74, 6) is 1.93. The van der Waals surface area contributed by atoms with Crippen LogP contribution in [0.2, 0.25) is 0 Å². The van der Waals surface area contributed by atoms with E-state index in [1.165, 1.54) is 12.1 Å². The summed E-state index contributed by atoms with van der Waals surface area (Å²) in [7, 11) is 0. The maximum absolute atomic E-state index is 13.1. The van der Waals surface area contributed by atoms with Crippen LogP contribution in [0, 0.1) is 5.92 Å². The first-order valence-corrected chi connectivity index (χ1v) is 10.5. The van der Waals surface area contributed by atoms with Crippen LogP contribution in [-0.2, 0) is 13.1 Å². The Kier molecular flexibility index (Phi) is 7.80. The van der Waals surface area contributed by atoms with Crippen molar-refractivity contribution in [3.05, 3.63) is 58.3 Å².